The van der Waals surface area contributed by atoms with Crippen molar-refractivity contribution >= 4 is 17.7 Å². The van der Waals surface area contributed by atoms with Crippen LogP contribution >= 0.6 is 0 Å². The van der Waals surface area contributed by atoms with Crippen molar-refractivity contribution in [2.45, 2.75) is 13.5 Å². The molecule has 5 heteroatoms. The molecule has 5 nitrogen and oxygen atoms in total. The van der Waals surface area contributed by atoms with Crippen LogP contribution in [-0.2, 0) is 11.3 Å². The highest BCUT2D eigenvalue weighted by molar-refractivity contribution is 6.02. The van der Waals surface area contributed by atoms with Crippen LogP contribution in [0.15, 0.2) is 48.5 Å². The molecule has 28 heavy (non-hydrogen) atoms. The average molecular weight is 380 g/mol. The molecule has 1 N–H and O–H groups in total. The summed E-state index contributed by atoms with van der Waals surface area (Å²) >= 11 is 0. The third kappa shape index (κ3) is 5.68. The molecule has 2 aromatic rings. The summed E-state index contributed by atoms with van der Waals surface area (Å²) in [5.74, 6) is 0.601. The molecule has 0 radical (unpaired) electrons. The Hall–Kier alpha value is -2.63. The van der Waals surface area contributed by atoms with E-state index in [0.29, 0.717) is 0 Å². The number of carbonyl (C=O) groups is 1. The summed E-state index contributed by atoms with van der Waals surface area (Å²) in [6, 6.07) is 14.0. The quantitative estimate of drug-likeness (QED) is 0.782. The van der Waals surface area contributed by atoms with Gasteiger partial charge in [-0.05, 0) is 49.9 Å². The molecule has 0 aliphatic carbocycles. The van der Waals surface area contributed by atoms with Gasteiger partial charge in [-0.1, -0.05) is 23.8 Å². The third-order valence-corrected chi connectivity index (χ3v) is 5.00. The summed E-state index contributed by atoms with van der Waals surface area (Å²) in [4.78, 5) is 17.2. The average Bonchev–Trinajstić information content (AvgIpc) is 2.68. The number of ether oxygens (including phenoxy) is 1. The third-order valence-electron chi connectivity index (χ3n) is 5.00. The second-order valence-corrected chi connectivity index (χ2v) is 7.35. The standard InChI is InChI=1S/C23H29N3O2/c1-18-7-9-22(28-3)20(15-18)8-10-23(27)24-21-6-4-5-19(16-21)17-26-13-11-25(2)12-14-26/h4-10,15-16H,11-14,17H2,1-3H3,(H,24,27)/b10-8+. The number of hydrogen-bond acceptors (Lipinski definition) is 4. The summed E-state index contributed by atoms with van der Waals surface area (Å²) in [5, 5.41) is 2.96. The summed E-state index contributed by atoms with van der Waals surface area (Å²) < 4.78 is 5.35. The number of nitrogens with one attached hydrogen (secondary N) is 1. The number of benzene rings is 2. The lowest BCUT2D eigenvalue weighted by atomic mass is 10.1. The number of amides is 1. The molecule has 1 aliphatic rings. The van der Waals surface area contributed by atoms with Gasteiger partial charge in [0.15, 0.2) is 0 Å². The van der Waals surface area contributed by atoms with Crippen LogP contribution in [0, 0.1) is 6.92 Å². The molecule has 1 aliphatic heterocycles. The molecule has 0 atom stereocenters. The molecular weight excluding hydrogens is 350 g/mol. The molecule has 0 unspecified atom stereocenters. The first kappa shape index (κ1) is 20.1. The zero-order valence-corrected chi connectivity index (χ0v) is 16.9. The van der Waals surface area contributed by atoms with E-state index in [1.54, 1.807) is 19.3 Å². The molecule has 1 fully saturated rings. The van der Waals surface area contributed by atoms with Crippen LogP contribution in [0.25, 0.3) is 6.08 Å². The van der Waals surface area contributed by atoms with Crippen molar-refractivity contribution in [3.63, 3.8) is 0 Å². The Balaban J connectivity index is 1.60. The van der Waals surface area contributed by atoms with Crippen molar-refractivity contribution in [2.24, 2.45) is 0 Å². The van der Waals surface area contributed by atoms with Gasteiger partial charge in [-0.2, -0.15) is 0 Å². The van der Waals surface area contributed by atoms with E-state index in [2.05, 4.69) is 34.3 Å². The van der Waals surface area contributed by atoms with Gasteiger partial charge < -0.3 is 15.0 Å². The van der Waals surface area contributed by atoms with Crippen molar-refractivity contribution in [1.82, 2.24) is 9.80 Å². The lowest BCUT2D eigenvalue weighted by molar-refractivity contribution is -0.111. The lowest BCUT2D eigenvalue weighted by Crippen LogP contribution is -2.43. The molecule has 2 aromatic carbocycles. The molecule has 0 saturated carbocycles. The minimum atomic E-state index is -0.152. The molecule has 0 spiro atoms. The predicted molar refractivity (Wildman–Crippen MR) is 115 cm³/mol. The van der Waals surface area contributed by atoms with Crippen LogP contribution in [0.1, 0.15) is 16.7 Å². The SMILES string of the molecule is COc1ccc(C)cc1/C=C/C(=O)Nc1cccc(CN2CCN(C)CC2)c1. The van der Waals surface area contributed by atoms with Crippen molar-refractivity contribution in [3.05, 3.63) is 65.2 Å². The maximum atomic E-state index is 12.4. The molecule has 0 bridgehead atoms. The largest absolute Gasteiger partial charge is 0.496 e. The van der Waals surface area contributed by atoms with Gasteiger partial charge in [0.05, 0.1) is 7.11 Å². The van der Waals surface area contributed by atoms with Crippen LogP contribution in [0.4, 0.5) is 5.69 Å². The molecule has 148 valence electrons. The summed E-state index contributed by atoms with van der Waals surface area (Å²) in [5.41, 5.74) is 4.04. The molecular formula is C23H29N3O2. The highest BCUT2D eigenvalue weighted by atomic mass is 16.5. The molecule has 0 aromatic heterocycles. The van der Waals surface area contributed by atoms with Crippen molar-refractivity contribution < 1.29 is 9.53 Å². The minimum absolute atomic E-state index is 0.152. The topological polar surface area (TPSA) is 44.8 Å². The molecule has 3 rings (SSSR count). The van der Waals surface area contributed by atoms with E-state index in [9.17, 15) is 4.79 Å². The summed E-state index contributed by atoms with van der Waals surface area (Å²) in [6.45, 7) is 7.28. The second-order valence-electron chi connectivity index (χ2n) is 7.35. The Bertz CT molecular complexity index is 839. The van der Waals surface area contributed by atoms with Gasteiger partial charge in [0.2, 0.25) is 5.91 Å². The van der Waals surface area contributed by atoms with Crippen LogP contribution in [0.3, 0.4) is 0 Å². The number of hydrogen-bond donors (Lipinski definition) is 1. The van der Waals surface area contributed by atoms with Gasteiger partial charge in [-0.25, -0.2) is 0 Å². The highest BCUT2D eigenvalue weighted by Gasteiger charge is 2.14. The van der Waals surface area contributed by atoms with Gasteiger partial charge in [0.25, 0.3) is 0 Å². The number of likely N-dealkylation sites (N-methyl/N-ethyl adjacent to an activating group) is 1. The normalized spacial score (nSPS) is 15.7. The zero-order valence-electron chi connectivity index (χ0n) is 16.9. The molecule has 1 saturated heterocycles. The Morgan fingerprint density at radius 3 is 2.68 bits per heavy atom. The number of methoxy groups -OCH3 is 1. The summed E-state index contributed by atoms with van der Waals surface area (Å²) in [6.07, 6.45) is 3.33. The first-order valence-corrected chi connectivity index (χ1v) is 9.67. The van der Waals surface area contributed by atoms with Crippen molar-refractivity contribution in [3.8, 4) is 5.75 Å². The number of aryl methyl sites for hydroxylation is 1. The maximum Gasteiger partial charge on any atom is 0.248 e. The number of nitrogens with zero attached hydrogens (tertiary/aromatic N) is 2. The highest BCUT2D eigenvalue weighted by Crippen LogP contribution is 2.21. The van der Waals surface area contributed by atoms with Gasteiger partial charge in [-0.3, -0.25) is 9.69 Å². The number of carbonyl (C=O) groups excluding carboxylic acids is 1. The fraction of sp³-hybridized carbons (Fsp3) is 0.348. The van der Waals surface area contributed by atoms with Gasteiger partial charge in [0, 0.05) is 50.1 Å². The first-order valence-electron chi connectivity index (χ1n) is 9.67. The fourth-order valence-corrected chi connectivity index (χ4v) is 3.35. The molecule has 1 amide bonds. The number of piperazine rings is 1. The van der Waals surface area contributed by atoms with Gasteiger partial charge in [-0.15, -0.1) is 0 Å². The van der Waals surface area contributed by atoms with Gasteiger partial charge >= 0.3 is 0 Å². The lowest BCUT2D eigenvalue weighted by Gasteiger charge is -2.32. The van der Waals surface area contributed by atoms with E-state index in [4.69, 9.17) is 4.74 Å². The Morgan fingerprint density at radius 2 is 1.93 bits per heavy atom. The van der Waals surface area contributed by atoms with Crippen LogP contribution < -0.4 is 10.1 Å². The van der Waals surface area contributed by atoms with E-state index < -0.39 is 0 Å². The van der Waals surface area contributed by atoms with Gasteiger partial charge in [0.1, 0.15) is 5.75 Å². The zero-order chi connectivity index (χ0) is 19.9. The van der Waals surface area contributed by atoms with Crippen LogP contribution in [0.2, 0.25) is 0 Å². The van der Waals surface area contributed by atoms with E-state index in [1.807, 2.05) is 37.3 Å². The van der Waals surface area contributed by atoms with Crippen LogP contribution in [0.5, 0.6) is 5.75 Å². The molecule has 1 heterocycles. The second kappa shape index (κ2) is 9.53. The fourth-order valence-electron chi connectivity index (χ4n) is 3.35. The van der Waals surface area contributed by atoms with Crippen LogP contribution in [-0.4, -0.2) is 56.0 Å². The monoisotopic (exact) mass is 379 g/mol. The Kier molecular flexibility index (Phi) is 6.85. The number of anilines is 1. The first-order chi connectivity index (χ1) is 13.5. The Labute approximate surface area is 167 Å². The maximum absolute atomic E-state index is 12.4. The van der Waals surface area contributed by atoms with Crippen molar-refractivity contribution in [1.29, 1.82) is 0 Å². The van der Waals surface area contributed by atoms with Crippen molar-refractivity contribution in [2.75, 3.05) is 45.7 Å². The summed E-state index contributed by atoms with van der Waals surface area (Å²) in [7, 11) is 3.79. The predicted octanol–water partition coefficient (Wildman–Crippen LogP) is 3.40. The van der Waals surface area contributed by atoms with E-state index >= 15 is 0 Å². The van der Waals surface area contributed by atoms with E-state index in [-0.39, 0.29) is 5.91 Å². The van der Waals surface area contributed by atoms with E-state index in [1.165, 1.54) is 5.56 Å². The van der Waals surface area contributed by atoms with E-state index in [0.717, 1.165) is 55.3 Å². The number of rotatable bonds is 6. The smallest absolute Gasteiger partial charge is 0.248 e. The Morgan fingerprint density at radius 1 is 1.14 bits per heavy atom. The minimum Gasteiger partial charge on any atom is -0.496 e.